The number of hydrogen-bond acceptors (Lipinski definition) is 5. The molecule has 1 aliphatic rings. The fraction of sp³-hybridized carbons (Fsp3) is 0.333. The molecule has 0 saturated carbocycles. The maximum atomic E-state index is 12.1. The molecule has 7 nitrogen and oxygen atoms in total. The summed E-state index contributed by atoms with van der Waals surface area (Å²) in [6.45, 7) is 2.92. The Morgan fingerprint density at radius 2 is 1.82 bits per heavy atom. The molecule has 148 valence electrons. The number of rotatable bonds is 8. The first-order valence-electron chi connectivity index (χ1n) is 9.34. The highest BCUT2D eigenvalue weighted by atomic mass is 16.5. The van der Waals surface area contributed by atoms with Crippen LogP contribution in [0.2, 0.25) is 0 Å². The molecule has 0 aliphatic carbocycles. The average molecular weight is 383 g/mol. The van der Waals surface area contributed by atoms with Crippen LogP contribution in [-0.2, 0) is 14.3 Å². The lowest BCUT2D eigenvalue weighted by molar-refractivity contribution is -0.115. The van der Waals surface area contributed by atoms with Gasteiger partial charge in [-0.15, -0.1) is 0 Å². The van der Waals surface area contributed by atoms with Crippen LogP contribution in [0.15, 0.2) is 48.5 Å². The summed E-state index contributed by atoms with van der Waals surface area (Å²) in [5.41, 5.74) is 2.15. The average Bonchev–Trinajstić information content (AvgIpc) is 3.20. The van der Waals surface area contributed by atoms with Crippen molar-refractivity contribution in [2.45, 2.75) is 25.9 Å². The molecule has 2 aromatic rings. The van der Waals surface area contributed by atoms with Crippen LogP contribution in [0, 0.1) is 0 Å². The fourth-order valence-corrected chi connectivity index (χ4v) is 2.89. The van der Waals surface area contributed by atoms with E-state index in [-0.39, 0.29) is 24.5 Å². The Balaban J connectivity index is 1.44. The molecule has 1 unspecified atom stereocenters. The molecular weight excluding hydrogens is 358 g/mol. The molecular formula is C21H25N3O4. The predicted molar refractivity (Wildman–Crippen MR) is 109 cm³/mol. The van der Waals surface area contributed by atoms with Crippen LogP contribution < -0.4 is 20.7 Å². The molecule has 2 amide bonds. The Kier molecular flexibility index (Phi) is 6.86. The maximum Gasteiger partial charge on any atom is 0.243 e. The predicted octanol–water partition coefficient (Wildman–Crippen LogP) is 3.25. The molecule has 2 aromatic carbocycles. The number of amides is 2. The van der Waals surface area contributed by atoms with Crippen LogP contribution in [0.4, 0.5) is 17.1 Å². The van der Waals surface area contributed by atoms with E-state index in [0.29, 0.717) is 18.0 Å². The second-order valence-corrected chi connectivity index (χ2v) is 6.63. The van der Waals surface area contributed by atoms with E-state index in [1.807, 2.05) is 24.3 Å². The van der Waals surface area contributed by atoms with Gasteiger partial charge in [-0.3, -0.25) is 9.59 Å². The summed E-state index contributed by atoms with van der Waals surface area (Å²) >= 11 is 0. The Bertz CT molecular complexity index is 802. The third kappa shape index (κ3) is 6.28. The molecule has 3 rings (SSSR count). The van der Waals surface area contributed by atoms with Gasteiger partial charge in [-0.2, -0.15) is 0 Å². The van der Waals surface area contributed by atoms with Crippen LogP contribution in [0.5, 0.6) is 5.75 Å². The Morgan fingerprint density at radius 1 is 1.07 bits per heavy atom. The van der Waals surface area contributed by atoms with Crippen molar-refractivity contribution in [3.8, 4) is 5.75 Å². The monoisotopic (exact) mass is 383 g/mol. The second kappa shape index (κ2) is 9.75. The third-order valence-corrected chi connectivity index (χ3v) is 4.24. The van der Waals surface area contributed by atoms with Gasteiger partial charge in [0.05, 0.1) is 12.6 Å². The van der Waals surface area contributed by atoms with E-state index in [4.69, 9.17) is 9.47 Å². The van der Waals surface area contributed by atoms with Gasteiger partial charge in [0.25, 0.3) is 0 Å². The minimum Gasteiger partial charge on any atom is -0.491 e. The van der Waals surface area contributed by atoms with E-state index >= 15 is 0 Å². The molecule has 0 radical (unpaired) electrons. The smallest absolute Gasteiger partial charge is 0.243 e. The largest absolute Gasteiger partial charge is 0.491 e. The molecule has 28 heavy (non-hydrogen) atoms. The zero-order valence-corrected chi connectivity index (χ0v) is 15.9. The van der Waals surface area contributed by atoms with Gasteiger partial charge in [0.2, 0.25) is 11.8 Å². The minimum atomic E-state index is -0.169. The highest BCUT2D eigenvalue weighted by Gasteiger charge is 2.16. The lowest BCUT2D eigenvalue weighted by atomic mass is 10.2. The molecule has 1 heterocycles. The quantitative estimate of drug-likeness (QED) is 0.651. The molecule has 1 aliphatic heterocycles. The van der Waals surface area contributed by atoms with Crippen LogP contribution in [0.25, 0.3) is 0 Å². The lowest BCUT2D eigenvalue weighted by Crippen LogP contribution is -2.21. The van der Waals surface area contributed by atoms with Gasteiger partial charge in [0, 0.05) is 36.7 Å². The SMILES string of the molecule is CC(=O)Nc1ccc(NC(=O)CNc2cccc(OCC3CCCO3)c2)cc1. The minimum absolute atomic E-state index is 0.128. The van der Waals surface area contributed by atoms with Crippen molar-refractivity contribution >= 4 is 28.9 Å². The van der Waals surface area contributed by atoms with E-state index in [9.17, 15) is 9.59 Å². The van der Waals surface area contributed by atoms with Gasteiger partial charge in [-0.25, -0.2) is 0 Å². The van der Waals surface area contributed by atoms with E-state index < -0.39 is 0 Å². The molecule has 1 atom stereocenters. The molecule has 1 fully saturated rings. The molecule has 0 aromatic heterocycles. The first-order chi connectivity index (χ1) is 13.6. The first-order valence-corrected chi connectivity index (χ1v) is 9.34. The summed E-state index contributed by atoms with van der Waals surface area (Å²) in [5, 5.41) is 8.58. The first kappa shape index (κ1) is 19.7. The van der Waals surface area contributed by atoms with Crippen molar-refractivity contribution in [2.75, 3.05) is 35.7 Å². The molecule has 0 bridgehead atoms. The van der Waals surface area contributed by atoms with Crippen molar-refractivity contribution in [3.05, 3.63) is 48.5 Å². The molecule has 3 N–H and O–H groups in total. The highest BCUT2D eigenvalue weighted by Crippen LogP contribution is 2.20. The topological polar surface area (TPSA) is 88.7 Å². The number of carbonyl (C=O) groups is 2. The summed E-state index contributed by atoms with van der Waals surface area (Å²) in [7, 11) is 0. The molecule has 7 heteroatoms. The van der Waals surface area contributed by atoms with Gasteiger partial charge in [-0.05, 0) is 49.2 Å². The van der Waals surface area contributed by atoms with Gasteiger partial charge >= 0.3 is 0 Å². The summed E-state index contributed by atoms with van der Waals surface area (Å²) in [4.78, 5) is 23.2. The van der Waals surface area contributed by atoms with Crippen LogP contribution in [0.3, 0.4) is 0 Å². The van der Waals surface area contributed by atoms with E-state index in [1.165, 1.54) is 6.92 Å². The van der Waals surface area contributed by atoms with Crippen molar-refractivity contribution in [3.63, 3.8) is 0 Å². The van der Waals surface area contributed by atoms with E-state index in [1.54, 1.807) is 24.3 Å². The second-order valence-electron chi connectivity index (χ2n) is 6.63. The third-order valence-electron chi connectivity index (χ3n) is 4.24. The number of nitrogens with one attached hydrogen (secondary N) is 3. The zero-order chi connectivity index (χ0) is 19.8. The van der Waals surface area contributed by atoms with Crippen molar-refractivity contribution < 1.29 is 19.1 Å². The fourth-order valence-electron chi connectivity index (χ4n) is 2.89. The van der Waals surface area contributed by atoms with Crippen LogP contribution in [-0.4, -0.2) is 37.7 Å². The summed E-state index contributed by atoms with van der Waals surface area (Å²) in [6.07, 6.45) is 2.28. The summed E-state index contributed by atoms with van der Waals surface area (Å²) < 4.78 is 11.3. The zero-order valence-electron chi connectivity index (χ0n) is 15.9. The molecule has 1 saturated heterocycles. The van der Waals surface area contributed by atoms with Gasteiger partial charge in [0.15, 0.2) is 0 Å². The number of anilines is 3. The van der Waals surface area contributed by atoms with Crippen molar-refractivity contribution in [2.24, 2.45) is 0 Å². The van der Waals surface area contributed by atoms with Crippen molar-refractivity contribution in [1.82, 2.24) is 0 Å². The van der Waals surface area contributed by atoms with Gasteiger partial charge in [-0.1, -0.05) is 6.07 Å². The van der Waals surface area contributed by atoms with Gasteiger partial charge in [0.1, 0.15) is 12.4 Å². The van der Waals surface area contributed by atoms with Crippen molar-refractivity contribution in [1.29, 1.82) is 0 Å². The van der Waals surface area contributed by atoms with Crippen LogP contribution in [0.1, 0.15) is 19.8 Å². The summed E-state index contributed by atoms with van der Waals surface area (Å²) in [6, 6.07) is 14.5. The Hall–Kier alpha value is -3.06. The van der Waals surface area contributed by atoms with Crippen LogP contribution >= 0.6 is 0 Å². The number of carbonyl (C=O) groups excluding carboxylic acids is 2. The normalized spacial score (nSPS) is 15.7. The summed E-state index contributed by atoms with van der Waals surface area (Å²) in [5.74, 6) is 0.440. The maximum absolute atomic E-state index is 12.1. The standard InChI is InChI=1S/C21H25N3O4/c1-15(25)23-16-7-9-17(10-8-16)24-21(26)13-22-18-4-2-5-19(12-18)28-14-20-6-3-11-27-20/h2,4-5,7-10,12,20,22H,3,6,11,13-14H2,1H3,(H,23,25)(H,24,26). The Morgan fingerprint density at radius 3 is 2.50 bits per heavy atom. The Labute approximate surface area is 164 Å². The van der Waals surface area contributed by atoms with E-state index in [2.05, 4.69) is 16.0 Å². The van der Waals surface area contributed by atoms with Gasteiger partial charge < -0.3 is 25.4 Å². The van der Waals surface area contributed by atoms with E-state index in [0.717, 1.165) is 30.9 Å². The number of ether oxygens (including phenoxy) is 2. The number of hydrogen-bond donors (Lipinski definition) is 3. The lowest BCUT2D eigenvalue weighted by Gasteiger charge is -2.13. The number of benzene rings is 2. The molecule has 0 spiro atoms. The highest BCUT2D eigenvalue weighted by molar-refractivity contribution is 5.94.